The van der Waals surface area contributed by atoms with E-state index in [-0.39, 0.29) is 30.2 Å². The number of benzene rings is 1. The van der Waals surface area contributed by atoms with Crippen molar-refractivity contribution < 1.29 is 35.8 Å². The van der Waals surface area contributed by atoms with E-state index in [9.17, 15) is 26.3 Å². The maximum atomic E-state index is 13.6. The molecule has 194 valence electrons. The van der Waals surface area contributed by atoms with E-state index in [0.717, 1.165) is 18.2 Å². The van der Waals surface area contributed by atoms with Crippen LogP contribution in [0.5, 0.6) is 0 Å². The summed E-state index contributed by atoms with van der Waals surface area (Å²) < 4.78 is 90.2. The number of methoxy groups -OCH3 is 2. The van der Waals surface area contributed by atoms with Crippen LogP contribution in [0.1, 0.15) is 22.4 Å². The molecule has 0 amide bonds. The average Bonchev–Trinajstić information content (AvgIpc) is 2.85. The van der Waals surface area contributed by atoms with Gasteiger partial charge in [0, 0.05) is 37.1 Å². The predicted octanol–water partition coefficient (Wildman–Crippen LogP) is 6.77. The van der Waals surface area contributed by atoms with Gasteiger partial charge in [-0.05, 0) is 48.5 Å². The predicted molar refractivity (Wildman–Crippen MR) is 124 cm³/mol. The number of ether oxygens (including phenoxy) is 2. The van der Waals surface area contributed by atoms with E-state index in [4.69, 9.17) is 9.47 Å². The second kappa shape index (κ2) is 10.3. The summed E-state index contributed by atoms with van der Waals surface area (Å²) in [7, 11) is 2.91. The first-order valence-electron chi connectivity index (χ1n) is 10.8. The number of hydrogen-bond donors (Lipinski definition) is 1. The molecular formula is C25H20F6N4O2. The minimum absolute atomic E-state index is 0.0274. The maximum absolute atomic E-state index is 13.6. The molecule has 0 radical (unpaired) electrons. The number of nitrogens with zero attached hydrogens (tertiary/aromatic N) is 3. The molecule has 0 aliphatic carbocycles. The van der Waals surface area contributed by atoms with E-state index in [0.29, 0.717) is 28.0 Å². The van der Waals surface area contributed by atoms with Gasteiger partial charge in [-0.2, -0.15) is 26.3 Å². The van der Waals surface area contributed by atoms with Gasteiger partial charge in [-0.1, -0.05) is 0 Å². The molecule has 37 heavy (non-hydrogen) atoms. The van der Waals surface area contributed by atoms with Crippen LogP contribution in [-0.2, 0) is 35.0 Å². The molecule has 0 unspecified atom stereocenters. The molecule has 0 atom stereocenters. The lowest BCUT2D eigenvalue weighted by atomic mass is 10.1. The van der Waals surface area contributed by atoms with Crippen molar-refractivity contribution in [2.75, 3.05) is 19.5 Å². The minimum Gasteiger partial charge on any atom is -0.380 e. The fourth-order valence-corrected chi connectivity index (χ4v) is 3.79. The monoisotopic (exact) mass is 522 g/mol. The SMILES string of the molecule is COCc1nc2nc(-c3ncccc3C(F)(F)F)ccc2c(Nc2ccc(C(F)(F)F)cc2)c1COC. The normalized spacial score (nSPS) is 12.2. The van der Waals surface area contributed by atoms with E-state index < -0.39 is 23.5 Å². The van der Waals surface area contributed by atoms with E-state index in [1.807, 2.05) is 0 Å². The molecule has 6 nitrogen and oxygen atoms in total. The van der Waals surface area contributed by atoms with Crippen molar-refractivity contribution in [3.63, 3.8) is 0 Å². The zero-order chi connectivity index (χ0) is 26.8. The third-order valence-corrected chi connectivity index (χ3v) is 5.44. The highest BCUT2D eigenvalue weighted by atomic mass is 19.4. The van der Waals surface area contributed by atoms with Crippen molar-refractivity contribution in [1.82, 2.24) is 15.0 Å². The Bertz CT molecular complexity index is 1410. The lowest BCUT2D eigenvalue weighted by molar-refractivity contribution is -0.138. The molecule has 12 heteroatoms. The zero-order valence-corrected chi connectivity index (χ0v) is 19.5. The molecular weight excluding hydrogens is 502 g/mol. The summed E-state index contributed by atoms with van der Waals surface area (Å²) in [5, 5.41) is 3.51. The molecule has 1 aromatic carbocycles. The number of anilines is 2. The van der Waals surface area contributed by atoms with Crippen LogP contribution >= 0.6 is 0 Å². The smallest absolute Gasteiger partial charge is 0.380 e. The quantitative estimate of drug-likeness (QED) is 0.270. The third kappa shape index (κ3) is 5.65. The van der Waals surface area contributed by atoms with E-state index in [2.05, 4.69) is 20.3 Å². The van der Waals surface area contributed by atoms with Gasteiger partial charge in [-0.3, -0.25) is 4.98 Å². The van der Waals surface area contributed by atoms with Gasteiger partial charge in [0.1, 0.15) is 5.69 Å². The number of nitrogens with one attached hydrogen (secondary N) is 1. The Morgan fingerprint density at radius 3 is 2.14 bits per heavy atom. The first kappa shape index (κ1) is 26.3. The van der Waals surface area contributed by atoms with Crippen LogP contribution in [0.3, 0.4) is 0 Å². The molecule has 4 aromatic rings. The largest absolute Gasteiger partial charge is 0.418 e. The van der Waals surface area contributed by atoms with Crippen molar-refractivity contribution in [1.29, 1.82) is 0 Å². The molecule has 0 fully saturated rings. The highest BCUT2D eigenvalue weighted by Gasteiger charge is 2.35. The molecule has 3 aromatic heterocycles. The van der Waals surface area contributed by atoms with Crippen LogP contribution in [-0.4, -0.2) is 29.2 Å². The second-order valence-electron chi connectivity index (χ2n) is 7.94. The fourth-order valence-electron chi connectivity index (χ4n) is 3.79. The first-order valence-corrected chi connectivity index (χ1v) is 10.8. The summed E-state index contributed by atoms with van der Waals surface area (Å²) in [6.07, 6.45) is -7.90. The Morgan fingerprint density at radius 1 is 0.811 bits per heavy atom. The molecule has 4 rings (SSSR count). The van der Waals surface area contributed by atoms with E-state index in [1.165, 1.54) is 50.7 Å². The van der Waals surface area contributed by atoms with Crippen LogP contribution in [0.25, 0.3) is 22.4 Å². The van der Waals surface area contributed by atoms with Gasteiger partial charge in [0.25, 0.3) is 0 Å². The number of pyridine rings is 3. The highest BCUT2D eigenvalue weighted by Crippen LogP contribution is 2.38. The lowest BCUT2D eigenvalue weighted by Crippen LogP contribution is -2.10. The Balaban J connectivity index is 1.88. The Morgan fingerprint density at radius 2 is 1.51 bits per heavy atom. The Kier molecular flexibility index (Phi) is 7.32. The number of rotatable bonds is 7. The van der Waals surface area contributed by atoms with Crippen molar-refractivity contribution in [3.05, 3.63) is 77.1 Å². The van der Waals surface area contributed by atoms with E-state index >= 15 is 0 Å². The molecule has 0 saturated heterocycles. The minimum atomic E-state index is -4.65. The first-order chi connectivity index (χ1) is 17.5. The lowest BCUT2D eigenvalue weighted by Gasteiger charge is -2.19. The second-order valence-corrected chi connectivity index (χ2v) is 7.94. The summed E-state index contributed by atoms with van der Waals surface area (Å²) in [4.78, 5) is 12.7. The van der Waals surface area contributed by atoms with Crippen molar-refractivity contribution in [2.45, 2.75) is 25.6 Å². The Hall–Kier alpha value is -3.77. The van der Waals surface area contributed by atoms with Gasteiger partial charge in [0.05, 0.1) is 41.4 Å². The van der Waals surface area contributed by atoms with Gasteiger partial charge in [0.15, 0.2) is 5.65 Å². The van der Waals surface area contributed by atoms with Gasteiger partial charge >= 0.3 is 12.4 Å². The average molecular weight is 522 g/mol. The van der Waals surface area contributed by atoms with Gasteiger partial charge in [0.2, 0.25) is 0 Å². The van der Waals surface area contributed by atoms with Crippen LogP contribution in [0.2, 0.25) is 0 Å². The summed E-state index contributed by atoms with van der Waals surface area (Å²) in [5.41, 5.74) is -0.341. The molecule has 3 heterocycles. The topological polar surface area (TPSA) is 69.2 Å². The number of halogens is 6. The fraction of sp³-hybridized carbons (Fsp3) is 0.240. The zero-order valence-electron chi connectivity index (χ0n) is 19.5. The van der Waals surface area contributed by atoms with Crippen LogP contribution < -0.4 is 5.32 Å². The van der Waals surface area contributed by atoms with Crippen LogP contribution in [0, 0.1) is 0 Å². The summed E-state index contributed by atoms with van der Waals surface area (Å²) >= 11 is 0. The summed E-state index contributed by atoms with van der Waals surface area (Å²) in [6, 6.07) is 9.43. The maximum Gasteiger partial charge on any atom is 0.418 e. The van der Waals surface area contributed by atoms with Crippen LogP contribution in [0.4, 0.5) is 37.7 Å². The summed E-state index contributed by atoms with van der Waals surface area (Å²) in [5.74, 6) is 0. The van der Waals surface area contributed by atoms with Crippen LogP contribution in [0.15, 0.2) is 54.7 Å². The molecule has 1 N–H and O–H groups in total. The number of aromatic nitrogens is 3. The summed E-state index contributed by atoms with van der Waals surface area (Å²) in [6.45, 7) is 0.102. The van der Waals surface area contributed by atoms with Crippen molar-refractivity contribution in [2.24, 2.45) is 0 Å². The number of alkyl halides is 6. The standard InChI is InChI=1S/C25H20F6N4O2/c1-36-12-17-20(13-37-2)35-23-16(21(17)33-15-7-5-14(6-8-15)24(26,27)28)9-10-19(34-23)22-18(25(29,30)31)4-3-11-32-22/h3-11H,12-13H2,1-2H3,(H,33,34,35). The molecule has 0 spiro atoms. The van der Waals surface area contributed by atoms with Crippen molar-refractivity contribution in [3.8, 4) is 11.4 Å². The molecule has 0 bridgehead atoms. The highest BCUT2D eigenvalue weighted by molar-refractivity contribution is 5.94. The van der Waals surface area contributed by atoms with Crippen molar-refractivity contribution >= 4 is 22.4 Å². The van der Waals surface area contributed by atoms with Gasteiger partial charge < -0.3 is 14.8 Å². The van der Waals surface area contributed by atoms with Gasteiger partial charge in [-0.25, -0.2) is 9.97 Å². The van der Waals surface area contributed by atoms with Gasteiger partial charge in [-0.15, -0.1) is 0 Å². The molecule has 0 saturated carbocycles. The van der Waals surface area contributed by atoms with E-state index in [1.54, 1.807) is 0 Å². The number of hydrogen-bond acceptors (Lipinski definition) is 6. The molecule has 0 aliphatic heterocycles. The third-order valence-electron chi connectivity index (χ3n) is 5.44. The molecule has 0 aliphatic rings. The Labute approximate surface area is 207 Å². The number of fused-ring (bicyclic) bond motifs is 1.